The van der Waals surface area contributed by atoms with Crippen LogP contribution in [0.25, 0.3) is 22.7 Å². The molecule has 0 aliphatic rings. The van der Waals surface area contributed by atoms with E-state index in [4.69, 9.17) is 5.21 Å². The highest BCUT2D eigenvalue weighted by atomic mass is 16.5. The Morgan fingerprint density at radius 3 is 2.72 bits per heavy atom. The molecule has 0 aliphatic heterocycles. The van der Waals surface area contributed by atoms with Crippen LogP contribution in [-0.2, 0) is 4.79 Å². The van der Waals surface area contributed by atoms with Gasteiger partial charge in [-0.3, -0.25) is 19.4 Å². The average molecular weight is 335 g/mol. The molecule has 6 nitrogen and oxygen atoms in total. The van der Waals surface area contributed by atoms with E-state index in [1.54, 1.807) is 41.3 Å². The fourth-order valence-electron chi connectivity index (χ4n) is 2.65. The minimum absolute atomic E-state index is 0.0505. The highest BCUT2D eigenvalue weighted by Gasteiger charge is 2.09. The number of benzene rings is 2. The normalized spacial score (nSPS) is 11.1. The Hall–Kier alpha value is -3.25. The number of nitrogens with zero attached hydrogens (tertiary/aromatic N) is 2. The van der Waals surface area contributed by atoms with Crippen LogP contribution in [-0.4, -0.2) is 20.7 Å². The number of carbonyl (C=O) groups excluding carboxylic acids is 1. The van der Waals surface area contributed by atoms with Crippen LogP contribution in [0.2, 0.25) is 0 Å². The summed E-state index contributed by atoms with van der Waals surface area (Å²) in [5.41, 5.74) is 3.59. The molecule has 0 saturated heterocycles. The Bertz CT molecular complexity index is 1010. The van der Waals surface area contributed by atoms with E-state index in [-0.39, 0.29) is 12.0 Å². The van der Waals surface area contributed by atoms with Crippen molar-refractivity contribution in [2.24, 2.45) is 0 Å². The second kappa shape index (κ2) is 7.11. The van der Waals surface area contributed by atoms with Crippen LogP contribution in [0.4, 0.5) is 0 Å². The van der Waals surface area contributed by atoms with Gasteiger partial charge in [-0.05, 0) is 36.8 Å². The van der Waals surface area contributed by atoms with Gasteiger partial charge in [0.15, 0.2) is 0 Å². The zero-order valence-electron chi connectivity index (χ0n) is 13.6. The molecule has 2 aromatic carbocycles. The van der Waals surface area contributed by atoms with Crippen LogP contribution in [0.1, 0.15) is 17.8 Å². The first-order valence-electron chi connectivity index (χ1n) is 7.78. The third-order valence-corrected chi connectivity index (χ3v) is 3.81. The van der Waals surface area contributed by atoms with Gasteiger partial charge in [-0.15, -0.1) is 0 Å². The Morgan fingerprint density at radius 1 is 1.24 bits per heavy atom. The topological polar surface area (TPSA) is 84.2 Å². The van der Waals surface area contributed by atoms with E-state index in [2.05, 4.69) is 4.98 Å². The summed E-state index contributed by atoms with van der Waals surface area (Å²) in [7, 11) is 0. The molecule has 0 fully saturated rings. The quantitative estimate of drug-likeness (QED) is 0.567. The summed E-state index contributed by atoms with van der Waals surface area (Å²) >= 11 is 0. The Morgan fingerprint density at radius 2 is 2.00 bits per heavy atom. The highest BCUT2D eigenvalue weighted by Crippen LogP contribution is 2.15. The predicted molar refractivity (Wildman–Crippen MR) is 95.7 cm³/mol. The lowest BCUT2D eigenvalue weighted by Crippen LogP contribution is -2.22. The minimum Gasteiger partial charge on any atom is -0.289 e. The van der Waals surface area contributed by atoms with Crippen molar-refractivity contribution in [3.8, 4) is 5.69 Å². The van der Waals surface area contributed by atoms with Crippen molar-refractivity contribution in [1.29, 1.82) is 0 Å². The summed E-state index contributed by atoms with van der Waals surface area (Å²) in [5, 5.41) is 8.99. The van der Waals surface area contributed by atoms with Gasteiger partial charge in [-0.1, -0.05) is 36.4 Å². The van der Waals surface area contributed by atoms with Crippen LogP contribution < -0.4 is 11.0 Å². The number of carbonyl (C=O) groups is 1. The molecular weight excluding hydrogens is 318 g/mol. The van der Waals surface area contributed by atoms with Crippen LogP contribution >= 0.6 is 0 Å². The molecule has 0 bridgehead atoms. The fraction of sp³-hybridized carbons (Fsp3) is 0.105. The van der Waals surface area contributed by atoms with Gasteiger partial charge >= 0.3 is 0 Å². The van der Waals surface area contributed by atoms with Gasteiger partial charge < -0.3 is 0 Å². The van der Waals surface area contributed by atoms with Gasteiger partial charge in [-0.25, -0.2) is 10.5 Å². The minimum atomic E-state index is -0.499. The largest absolute Gasteiger partial charge is 0.289 e. The first kappa shape index (κ1) is 16.6. The van der Waals surface area contributed by atoms with Crippen molar-refractivity contribution in [2.45, 2.75) is 13.3 Å². The summed E-state index contributed by atoms with van der Waals surface area (Å²) in [6.45, 7) is 1.80. The number of amides is 1. The van der Waals surface area contributed by atoms with E-state index in [9.17, 15) is 9.59 Å². The molecule has 25 heavy (non-hydrogen) atoms. The molecule has 3 rings (SSSR count). The third-order valence-electron chi connectivity index (χ3n) is 3.81. The number of rotatable bonds is 4. The second-order valence-corrected chi connectivity index (χ2v) is 5.55. The van der Waals surface area contributed by atoms with E-state index < -0.39 is 5.91 Å². The molecule has 126 valence electrons. The number of para-hydroxylation sites is 1. The number of aromatic nitrogens is 2. The van der Waals surface area contributed by atoms with Crippen molar-refractivity contribution in [3.63, 3.8) is 0 Å². The smallest absolute Gasteiger partial charge is 0.265 e. The van der Waals surface area contributed by atoms with Crippen molar-refractivity contribution < 1.29 is 10.0 Å². The van der Waals surface area contributed by atoms with Crippen molar-refractivity contribution >= 4 is 22.9 Å². The first-order chi connectivity index (χ1) is 12.1. The third kappa shape index (κ3) is 3.49. The van der Waals surface area contributed by atoms with Crippen molar-refractivity contribution in [1.82, 2.24) is 15.0 Å². The number of nitrogens with one attached hydrogen (secondary N) is 1. The summed E-state index contributed by atoms with van der Waals surface area (Å²) in [5.74, 6) is 0.118. The molecule has 1 aromatic heterocycles. The lowest BCUT2D eigenvalue weighted by Gasteiger charge is -2.11. The number of fused-ring (bicyclic) bond motifs is 1. The summed E-state index contributed by atoms with van der Waals surface area (Å²) < 4.78 is 1.58. The van der Waals surface area contributed by atoms with E-state index >= 15 is 0 Å². The zero-order valence-corrected chi connectivity index (χ0v) is 13.6. The summed E-state index contributed by atoms with van der Waals surface area (Å²) in [6.07, 6.45) is 3.39. The zero-order chi connectivity index (χ0) is 17.8. The van der Waals surface area contributed by atoms with Crippen LogP contribution in [0.5, 0.6) is 0 Å². The van der Waals surface area contributed by atoms with Crippen LogP contribution in [0, 0.1) is 6.92 Å². The molecule has 2 N–H and O–H groups in total. The second-order valence-electron chi connectivity index (χ2n) is 5.55. The fourth-order valence-corrected chi connectivity index (χ4v) is 2.65. The van der Waals surface area contributed by atoms with Gasteiger partial charge in [-0.2, -0.15) is 0 Å². The number of aryl methyl sites for hydroxylation is 1. The Balaban J connectivity index is 2.07. The lowest BCUT2D eigenvalue weighted by atomic mass is 10.1. The molecule has 0 atom stereocenters. The predicted octanol–water partition coefficient (Wildman–Crippen LogP) is 2.60. The maximum atomic E-state index is 12.9. The van der Waals surface area contributed by atoms with Gasteiger partial charge in [0.05, 0.1) is 16.6 Å². The van der Waals surface area contributed by atoms with Gasteiger partial charge in [0.25, 0.3) is 5.56 Å². The molecule has 3 aromatic rings. The van der Waals surface area contributed by atoms with Crippen LogP contribution in [0.3, 0.4) is 0 Å². The first-order valence-corrected chi connectivity index (χ1v) is 7.78. The molecule has 0 saturated carbocycles. The van der Waals surface area contributed by atoms with Crippen molar-refractivity contribution in [3.05, 3.63) is 76.3 Å². The molecule has 0 aliphatic carbocycles. The van der Waals surface area contributed by atoms with Gasteiger partial charge in [0, 0.05) is 6.42 Å². The lowest BCUT2D eigenvalue weighted by molar-refractivity contribution is -0.128. The standard InChI is InChI=1S/C19H17N3O3/c1-13-20-17-11-10-14(6-5-9-18(23)21-25)12-16(17)19(24)22(13)15-7-3-2-4-8-15/h2-8,10-12,25H,9H2,1H3,(H,21,23)/b6-5+. The molecular formula is C19H17N3O3. The SMILES string of the molecule is Cc1nc2ccc(/C=C/CC(=O)NO)cc2c(=O)n1-c1ccccc1. The number of hydrogen-bond donors (Lipinski definition) is 2. The summed E-state index contributed by atoms with van der Waals surface area (Å²) in [6, 6.07) is 14.7. The van der Waals surface area contributed by atoms with E-state index in [0.717, 1.165) is 11.3 Å². The van der Waals surface area contributed by atoms with E-state index in [1.807, 2.05) is 36.4 Å². The van der Waals surface area contributed by atoms with Crippen molar-refractivity contribution in [2.75, 3.05) is 0 Å². The van der Waals surface area contributed by atoms with E-state index in [1.165, 1.54) is 0 Å². The average Bonchev–Trinajstić information content (AvgIpc) is 2.63. The monoisotopic (exact) mass is 335 g/mol. The molecule has 1 amide bonds. The molecule has 0 unspecified atom stereocenters. The molecule has 6 heteroatoms. The molecule has 0 radical (unpaired) electrons. The van der Waals surface area contributed by atoms with E-state index in [0.29, 0.717) is 16.7 Å². The van der Waals surface area contributed by atoms with Crippen LogP contribution in [0.15, 0.2) is 59.4 Å². The van der Waals surface area contributed by atoms with Gasteiger partial charge in [0.1, 0.15) is 5.82 Å². The van der Waals surface area contributed by atoms with Gasteiger partial charge in [0.2, 0.25) is 5.91 Å². The molecule has 1 heterocycles. The maximum absolute atomic E-state index is 12.9. The summed E-state index contributed by atoms with van der Waals surface area (Å²) in [4.78, 5) is 28.5. The number of hydrogen-bond acceptors (Lipinski definition) is 4. The maximum Gasteiger partial charge on any atom is 0.265 e. The highest BCUT2D eigenvalue weighted by molar-refractivity contribution is 5.82. The Labute approximate surface area is 144 Å². The Kier molecular flexibility index (Phi) is 4.72. The number of hydroxylamine groups is 1. The molecule has 0 spiro atoms.